The fourth-order valence-corrected chi connectivity index (χ4v) is 5.36. The Balaban J connectivity index is 1.46. The summed E-state index contributed by atoms with van der Waals surface area (Å²) in [6.45, 7) is 2.01. The second kappa shape index (κ2) is 8.88. The first-order chi connectivity index (χ1) is 12.5. The monoisotopic (exact) mass is 392 g/mol. The molecule has 3 rings (SSSR count). The van der Waals surface area contributed by atoms with E-state index in [0.717, 1.165) is 35.7 Å². The summed E-state index contributed by atoms with van der Waals surface area (Å²) in [6.07, 6.45) is 2.82. The minimum Gasteiger partial charge on any atom is -0.497 e. The van der Waals surface area contributed by atoms with Gasteiger partial charge in [-0.15, -0.1) is 11.3 Å². The molecule has 7 heteroatoms. The molecule has 1 amide bonds. The molecule has 1 aliphatic rings. The van der Waals surface area contributed by atoms with Gasteiger partial charge in [0.2, 0.25) is 0 Å². The first kappa shape index (κ1) is 19.2. The van der Waals surface area contributed by atoms with Crippen molar-refractivity contribution in [2.45, 2.75) is 54.3 Å². The Labute approximate surface area is 162 Å². The van der Waals surface area contributed by atoms with Gasteiger partial charge in [-0.1, -0.05) is 23.9 Å². The first-order valence-corrected chi connectivity index (χ1v) is 10.5. The zero-order valence-electron chi connectivity index (χ0n) is 15.0. The van der Waals surface area contributed by atoms with Gasteiger partial charge in [-0.05, 0) is 50.3 Å². The minimum atomic E-state index is -1.15. The van der Waals surface area contributed by atoms with Crippen LogP contribution in [0.2, 0.25) is 0 Å². The second-order valence-electron chi connectivity index (χ2n) is 6.53. The number of methoxy groups -OCH3 is 1. The quantitative estimate of drug-likeness (QED) is 0.784. The zero-order chi connectivity index (χ0) is 18.5. The van der Waals surface area contributed by atoms with Gasteiger partial charge in [0.15, 0.2) is 6.10 Å². The number of nitrogens with zero attached hydrogens (tertiary/aromatic N) is 1. The molecule has 140 valence electrons. The van der Waals surface area contributed by atoms with Crippen molar-refractivity contribution in [2.75, 3.05) is 7.11 Å². The van der Waals surface area contributed by atoms with E-state index >= 15 is 0 Å². The molecule has 26 heavy (non-hydrogen) atoms. The molecule has 1 unspecified atom stereocenters. The predicted octanol–water partition coefficient (Wildman–Crippen LogP) is 3.71. The molecule has 5 nitrogen and oxygen atoms in total. The summed E-state index contributed by atoms with van der Waals surface area (Å²) in [5.74, 6) is 0.370. The van der Waals surface area contributed by atoms with Crippen LogP contribution in [0.5, 0.6) is 5.75 Å². The van der Waals surface area contributed by atoms with Gasteiger partial charge in [0.1, 0.15) is 10.1 Å². The van der Waals surface area contributed by atoms with Crippen LogP contribution in [-0.2, 0) is 4.79 Å². The zero-order valence-corrected chi connectivity index (χ0v) is 16.6. The summed E-state index contributed by atoms with van der Waals surface area (Å²) in [5, 5.41) is 15.9. The summed E-state index contributed by atoms with van der Waals surface area (Å²) in [4.78, 5) is 16.8. The molecule has 1 atom stereocenters. The van der Waals surface area contributed by atoms with Gasteiger partial charge >= 0.3 is 0 Å². The number of carbonyl (C=O) groups excluding carboxylic acids is 1. The van der Waals surface area contributed by atoms with Crippen LogP contribution < -0.4 is 10.1 Å². The third-order valence-electron chi connectivity index (χ3n) is 4.57. The fourth-order valence-electron chi connectivity index (χ4n) is 3.07. The van der Waals surface area contributed by atoms with Crippen LogP contribution >= 0.6 is 23.1 Å². The van der Waals surface area contributed by atoms with E-state index in [1.54, 1.807) is 42.7 Å². The molecule has 0 saturated heterocycles. The SMILES string of the molecule is COc1ccc(C(O)C(=O)NC2CCC(Sc3nc(C)cs3)CC2)cc1. The normalized spacial score (nSPS) is 21.2. The highest BCUT2D eigenvalue weighted by Gasteiger charge is 2.26. The standard InChI is InChI=1S/C19H24N2O3S2/c1-12-11-25-19(20-12)26-16-9-5-14(6-10-16)21-18(23)17(22)13-3-7-15(24-2)8-4-13/h3-4,7-8,11,14,16-17,22H,5-6,9-10H2,1-2H3,(H,21,23). The first-order valence-electron chi connectivity index (χ1n) is 8.76. The van der Waals surface area contributed by atoms with Gasteiger partial charge in [0, 0.05) is 22.4 Å². The molecule has 0 radical (unpaired) electrons. The number of ether oxygens (including phenoxy) is 1. The van der Waals surface area contributed by atoms with E-state index in [9.17, 15) is 9.90 Å². The Kier molecular flexibility index (Phi) is 6.56. The van der Waals surface area contributed by atoms with Crippen LogP contribution in [-0.4, -0.2) is 34.4 Å². The number of aliphatic hydroxyl groups excluding tert-OH is 1. The Hall–Kier alpha value is -1.57. The Bertz CT molecular complexity index is 725. The predicted molar refractivity (Wildman–Crippen MR) is 105 cm³/mol. The number of rotatable bonds is 6. The number of thioether (sulfide) groups is 1. The topological polar surface area (TPSA) is 71.5 Å². The van der Waals surface area contributed by atoms with E-state index in [1.165, 1.54) is 0 Å². The smallest absolute Gasteiger partial charge is 0.253 e. The van der Waals surface area contributed by atoms with Gasteiger partial charge in [-0.2, -0.15) is 0 Å². The van der Waals surface area contributed by atoms with Crippen molar-refractivity contribution in [3.05, 3.63) is 40.9 Å². The van der Waals surface area contributed by atoms with Crippen molar-refractivity contribution in [1.82, 2.24) is 10.3 Å². The summed E-state index contributed by atoms with van der Waals surface area (Å²) < 4.78 is 6.23. The summed E-state index contributed by atoms with van der Waals surface area (Å²) >= 11 is 3.55. The molecule has 1 fully saturated rings. The average Bonchev–Trinajstić information content (AvgIpc) is 3.07. The number of thiazole rings is 1. The van der Waals surface area contributed by atoms with Crippen molar-refractivity contribution < 1.29 is 14.6 Å². The molecule has 1 aromatic heterocycles. The third-order valence-corrected chi connectivity index (χ3v) is 6.99. The van der Waals surface area contributed by atoms with Gasteiger partial charge < -0.3 is 15.2 Å². The number of amides is 1. The van der Waals surface area contributed by atoms with E-state index in [4.69, 9.17) is 4.74 Å². The highest BCUT2D eigenvalue weighted by atomic mass is 32.2. The van der Waals surface area contributed by atoms with Crippen molar-refractivity contribution >= 4 is 29.0 Å². The van der Waals surface area contributed by atoms with Crippen molar-refractivity contribution in [3.63, 3.8) is 0 Å². The molecule has 1 aromatic carbocycles. The van der Waals surface area contributed by atoms with Crippen LogP contribution in [0.1, 0.15) is 43.0 Å². The van der Waals surface area contributed by atoms with E-state index in [0.29, 0.717) is 16.6 Å². The van der Waals surface area contributed by atoms with Gasteiger partial charge in [0.05, 0.1) is 7.11 Å². The number of benzene rings is 1. The molecule has 0 spiro atoms. The third kappa shape index (κ3) is 4.99. The van der Waals surface area contributed by atoms with Crippen molar-refractivity contribution in [3.8, 4) is 5.75 Å². The molecule has 0 bridgehead atoms. The van der Waals surface area contributed by atoms with Gasteiger partial charge in [0.25, 0.3) is 5.91 Å². The molecule has 0 aliphatic heterocycles. The van der Waals surface area contributed by atoms with E-state index < -0.39 is 6.10 Å². The van der Waals surface area contributed by atoms with Crippen LogP contribution in [0.4, 0.5) is 0 Å². The minimum absolute atomic E-state index is 0.130. The Morgan fingerprint density at radius 1 is 1.31 bits per heavy atom. The Morgan fingerprint density at radius 3 is 2.58 bits per heavy atom. The van der Waals surface area contributed by atoms with Crippen LogP contribution in [0.3, 0.4) is 0 Å². The lowest BCUT2D eigenvalue weighted by Gasteiger charge is -2.29. The fraction of sp³-hybridized carbons (Fsp3) is 0.474. The van der Waals surface area contributed by atoms with Crippen LogP contribution in [0, 0.1) is 6.92 Å². The Morgan fingerprint density at radius 2 is 2.00 bits per heavy atom. The number of aryl methyl sites for hydroxylation is 1. The van der Waals surface area contributed by atoms with Crippen molar-refractivity contribution in [2.24, 2.45) is 0 Å². The lowest BCUT2D eigenvalue weighted by atomic mass is 9.94. The molecule has 1 heterocycles. The van der Waals surface area contributed by atoms with Crippen LogP contribution in [0.15, 0.2) is 34.0 Å². The van der Waals surface area contributed by atoms with E-state index in [2.05, 4.69) is 15.7 Å². The van der Waals surface area contributed by atoms with E-state index in [1.807, 2.05) is 18.7 Å². The maximum absolute atomic E-state index is 12.3. The second-order valence-corrected chi connectivity index (χ2v) is 8.94. The number of aromatic nitrogens is 1. The lowest BCUT2D eigenvalue weighted by Crippen LogP contribution is -2.40. The van der Waals surface area contributed by atoms with Crippen LogP contribution in [0.25, 0.3) is 0 Å². The molecular formula is C19H24N2O3S2. The molecule has 1 aliphatic carbocycles. The average molecular weight is 393 g/mol. The number of hydrogen-bond acceptors (Lipinski definition) is 6. The van der Waals surface area contributed by atoms with Gasteiger partial charge in [-0.3, -0.25) is 4.79 Å². The van der Waals surface area contributed by atoms with E-state index in [-0.39, 0.29) is 11.9 Å². The molecular weight excluding hydrogens is 368 g/mol. The van der Waals surface area contributed by atoms with Crippen molar-refractivity contribution in [1.29, 1.82) is 0 Å². The largest absolute Gasteiger partial charge is 0.497 e. The number of carbonyl (C=O) groups is 1. The summed E-state index contributed by atoms with van der Waals surface area (Å²) in [5.41, 5.74) is 1.65. The summed E-state index contributed by atoms with van der Waals surface area (Å²) in [6, 6.07) is 7.05. The summed E-state index contributed by atoms with van der Waals surface area (Å²) in [7, 11) is 1.59. The van der Waals surface area contributed by atoms with Gasteiger partial charge in [-0.25, -0.2) is 4.98 Å². The molecule has 2 N–H and O–H groups in total. The number of nitrogens with one attached hydrogen (secondary N) is 1. The number of hydrogen-bond donors (Lipinski definition) is 2. The lowest BCUT2D eigenvalue weighted by molar-refractivity contribution is -0.130. The maximum Gasteiger partial charge on any atom is 0.253 e. The number of aliphatic hydroxyl groups is 1. The molecule has 2 aromatic rings. The molecule has 1 saturated carbocycles. The highest BCUT2D eigenvalue weighted by molar-refractivity contribution is 8.01. The highest BCUT2D eigenvalue weighted by Crippen LogP contribution is 2.35. The maximum atomic E-state index is 12.3.